The molecular formula is C21H25Cl2N5O. The number of carbonyl (C=O) groups is 1. The van der Waals surface area contributed by atoms with Crippen LogP contribution in [0.15, 0.2) is 58.6 Å². The van der Waals surface area contributed by atoms with Gasteiger partial charge in [0, 0.05) is 29.2 Å². The van der Waals surface area contributed by atoms with Crippen LogP contribution in [-0.2, 0) is 6.54 Å². The van der Waals surface area contributed by atoms with Crippen molar-refractivity contribution in [3.8, 4) is 0 Å². The summed E-state index contributed by atoms with van der Waals surface area (Å²) in [7, 11) is 0. The van der Waals surface area contributed by atoms with Crippen LogP contribution in [0.25, 0.3) is 0 Å². The lowest BCUT2D eigenvalue weighted by atomic mass is 10.1. The third-order valence-corrected chi connectivity index (χ3v) is 4.79. The highest BCUT2D eigenvalue weighted by Crippen LogP contribution is 2.15. The second kappa shape index (κ2) is 11.4. The number of nitrogens with two attached hydrogens (primary N) is 1. The topological polar surface area (TPSA) is 83.1 Å². The fraction of sp³-hybridized carbons (Fsp3) is 0.286. The first-order valence-corrected chi connectivity index (χ1v) is 9.72. The molecule has 0 aliphatic carbocycles. The number of nitrogens with zero attached hydrogens (tertiary/aromatic N) is 3. The van der Waals surface area contributed by atoms with Crippen LogP contribution < -0.4 is 11.2 Å². The highest BCUT2D eigenvalue weighted by molar-refractivity contribution is 6.30. The van der Waals surface area contributed by atoms with E-state index >= 15 is 0 Å². The summed E-state index contributed by atoms with van der Waals surface area (Å²) >= 11 is 5.99. The molecule has 1 heterocycles. The number of amidine groups is 1. The molecule has 1 aliphatic rings. The number of carbonyl (C=O) groups excluding carboxylic acids is 1. The number of halogens is 2. The molecule has 1 fully saturated rings. The highest BCUT2D eigenvalue weighted by atomic mass is 35.5. The lowest BCUT2D eigenvalue weighted by Crippen LogP contribution is -2.39. The Balaban J connectivity index is 0.00000300. The summed E-state index contributed by atoms with van der Waals surface area (Å²) in [5, 5.41) is 5.20. The van der Waals surface area contributed by atoms with Gasteiger partial charge in [-0.05, 0) is 37.0 Å². The van der Waals surface area contributed by atoms with Gasteiger partial charge in [-0.3, -0.25) is 4.79 Å². The number of likely N-dealkylation sites (tertiary alicyclic amines) is 1. The minimum Gasteiger partial charge on any atom is -0.369 e. The first-order valence-electron chi connectivity index (χ1n) is 9.34. The quantitative estimate of drug-likeness (QED) is 0.324. The maximum absolute atomic E-state index is 10.9. The van der Waals surface area contributed by atoms with Crippen LogP contribution in [0.5, 0.6) is 0 Å². The molecule has 29 heavy (non-hydrogen) atoms. The van der Waals surface area contributed by atoms with Crippen LogP contribution >= 0.6 is 24.0 Å². The van der Waals surface area contributed by atoms with Gasteiger partial charge in [-0.1, -0.05) is 48.0 Å². The molecule has 0 bridgehead atoms. The van der Waals surface area contributed by atoms with Crippen molar-refractivity contribution in [2.24, 2.45) is 15.8 Å². The van der Waals surface area contributed by atoms with E-state index in [0.717, 1.165) is 49.2 Å². The molecule has 2 aromatic rings. The van der Waals surface area contributed by atoms with E-state index in [-0.39, 0.29) is 18.4 Å². The van der Waals surface area contributed by atoms with Crippen molar-refractivity contribution in [3.63, 3.8) is 0 Å². The Kier molecular flexibility index (Phi) is 8.96. The van der Waals surface area contributed by atoms with Gasteiger partial charge < -0.3 is 10.6 Å². The summed E-state index contributed by atoms with van der Waals surface area (Å²) in [4.78, 5) is 17.5. The average Bonchev–Trinajstić information content (AvgIpc) is 2.74. The number of hydrogen-bond donors (Lipinski definition) is 2. The molecule has 3 N–H and O–H groups in total. The number of aldehydes is 1. The molecule has 0 saturated carbocycles. The number of rotatable bonds is 5. The van der Waals surface area contributed by atoms with Crippen molar-refractivity contribution >= 4 is 42.1 Å². The summed E-state index contributed by atoms with van der Waals surface area (Å²) in [6.45, 7) is 2.30. The van der Waals surface area contributed by atoms with Crippen LogP contribution in [0, 0.1) is 0 Å². The van der Waals surface area contributed by atoms with E-state index in [1.54, 1.807) is 12.1 Å². The zero-order valence-electron chi connectivity index (χ0n) is 16.1. The Morgan fingerprint density at radius 1 is 1.14 bits per heavy atom. The number of aliphatic imine (C=N–C) groups is 1. The molecule has 3 rings (SSSR count). The summed E-state index contributed by atoms with van der Waals surface area (Å²) < 4.78 is 0. The molecule has 0 amide bonds. The fourth-order valence-electron chi connectivity index (χ4n) is 3.09. The number of benzene rings is 2. The zero-order valence-corrected chi connectivity index (χ0v) is 17.6. The van der Waals surface area contributed by atoms with Crippen molar-refractivity contribution in [1.82, 2.24) is 10.3 Å². The lowest BCUT2D eigenvalue weighted by Gasteiger charge is -2.29. The van der Waals surface area contributed by atoms with E-state index in [4.69, 9.17) is 17.3 Å². The van der Waals surface area contributed by atoms with E-state index in [0.29, 0.717) is 17.1 Å². The van der Waals surface area contributed by atoms with Gasteiger partial charge in [0.05, 0.1) is 6.54 Å². The van der Waals surface area contributed by atoms with Gasteiger partial charge in [0.2, 0.25) is 5.96 Å². The van der Waals surface area contributed by atoms with E-state index < -0.39 is 0 Å². The number of nitrogens with one attached hydrogen (secondary N) is 1. The normalized spacial score (nSPS) is 14.9. The van der Waals surface area contributed by atoms with E-state index in [2.05, 4.69) is 20.4 Å². The summed E-state index contributed by atoms with van der Waals surface area (Å²) in [5.41, 5.74) is 11.4. The molecule has 1 aliphatic heterocycles. The Bertz CT molecular complexity index is 862. The molecule has 6 nitrogen and oxygen atoms in total. The molecular weight excluding hydrogens is 409 g/mol. The van der Waals surface area contributed by atoms with Gasteiger partial charge in [-0.25, -0.2) is 10.4 Å². The summed E-state index contributed by atoms with van der Waals surface area (Å²) in [5.74, 6) is 1.04. The monoisotopic (exact) mass is 433 g/mol. The number of hydrazone groups is 1. The second-order valence-corrected chi connectivity index (χ2v) is 7.10. The van der Waals surface area contributed by atoms with Gasteiger partial charge in [0.25, 0.3) is 0 Å². The molecule has 2 aromatic carbocycles. The summed E-state index contributed by atoms with van der Waals surface area (Å²) in [6, 6.07) is 14.9. The first kappa shape index (κ1) is 22.7. The van der Waals surface area contributed by atoms with Crippen molar-refractivity contribution < 1.29 is 4.79 Å². The number of guanidine groups is 1. The van der Waals surface area contributed by atoms with Gasteiger partial charge in [0.15, 0.2) is 5.84 Å². The van der Waals surface area contributed by atoms with E-state index in [9.17, 15) is 4.79 Å². The van der Waals surface area contributed by atoms with Crippen molar-refractivity contribution in [3.05, 3.63) is 70.2 Å². The third kappa shape index (κ3) is 6.76. The second-order valence-electron chi connectivity index (χ2n) is 6.67. The Hall–Kier alpha value is -2.57. The molecule has 8 heteroatoms. The molecule has 0 atom stereocenters. The van der Waals surface area contributed by atoms with Crippen LogP contribution in [0.1, 0.15) is 40.7 Å². The first-order chi connectivity index (χ1) is 13.7. The fourth-order valence-corrected chi connectivity index (χ4v) is 3.30. The Morgan fingerprint density at radius 2 is 1.86 bits per heavy atom. The molecule has 1 saturated heterocycles. The van der Waals surface area contributed by atoms with Crippen molar-refractivity contribution in [2.45, 2.75) is 25.8 Å². The van der Waals surface area contributed by atoms with Crippen LogP contribution in [0.2, 0.25) is 5.02 Å². The van der Waals surface area contributed by atoms with Crippen LogP contribution in [0.3, 0.4) is 0 Å². The maximum atomic E-state index is 10.9. The third-order valence-electron chi connectivity index (χ3n) is 4.56. The molecule has 154 valence electrons. The summed E-state index contributed by atoms with van der Waals surface area (Å²) in [6.07, 6.45) is 4.32. The van der Waals surface area contributed by atoms with Crippen LogP contribution in [0.4, 0.5) is 0 Å². The van der Waals surface area contributed by atoms with E-state index in [1.807, 2.05) is 36.4 Å². The lowest BCUT2D eigenvalue weighted by molar-refractivity contribution is 0.112. The van der Waals surface area contributed by atoms with Crippen molar-refractivity contribution in [2.75, 3.05) is 13.1 Å². The van der Waals surface area contributed by atoms with Crippen LogP contribution in [-0.4, -0.2) is 36.1 Å². The van der Waals surface area contributed by atoms with Gasteiger partial charge >= 0.3 is 0 Å². The molecule has 0 radical (unpaired) electrons. The number of piperidine rings is 1. The SMILES string of the molecule is Cl.NC(=NCc1cccc(Cl)c1)NN=C(c1ccc(C=O)cc1)N1CCCCC1. The molecule has 0 aromatic heterocycles. The molecule has 0 spiro atoms. The maximum Gasteiger partial charge on any atom is 0.209 e. The van der Waals surface area contributed by atoms with Gasteiger partial charge in [0.1, 0.15) is 6.29 Å². The van der Waals surface area contributed by atoms with E-state index in [1.165, 1.54) is 6.42 Å². The Morgan fingerprint density at radius 3 is 2.52 bits per heavy atom. The smallest absolute Gasteiger partial charge is 0.209 e. The minimum absolute atomic E-state index is 0. The average molecular weight is 434 g/mol. The van der Waals surface area contributed by atoms with Crippen molar-refractivity contribution in [1.29, 1.82) is 0 Å². The van der Waals surface area contributed by atoms with Gasteiger partial charge in [-0.2, -0.15) is 5.10 Å². The highest BCUT2D eigenvalue weighted by Gasteiger charge is 2.17. The minimum atomic E-state index is 0. The zero-order chi connectivity index (χ0) is 19.8. The largest absolute Gasteiger partial charge is 0.369 e. The predicted octanol–water partition coefficient (Wildman–Crippen LogP) is 3.83. The van der Waals surface area contributed by atoms with Gasteiger partial charge in [-0.15, -0.1) is 12.4 Å². The predicted molar refractivity (Wildman–Crippen MR) is 121 cm³/mol. The standard InChI is InChI=1S/C21H24ClN5O.ClH/c22-19-6-4-5-17(13-19)14-24-21(23)26-25-20(27-11-2-1-3-12-27)18-9-7-16(15-28)8-10-18;/h4-10,13,15H,1-3,11-12,14H2,(H3,23,24,26);1H. The Labute approximate surface area is 182 Å². The number of hydrogen-bond acceptors (Lipinski definition) is 3. The molecule has 0 unspecified atom stereocenters.